The summed E-state index contributed by atoms with van der Waals surface area (Å²) in [6, 6.07) is 8.90. The average molecular weight is 223 g/mol. The highest BCUT2D eigenvalue weighted by Gasteiger charge is 2.06. The van der Waals surface area contributed by atoms with Crippen molar-refractivity contribution in [1.29, 1.82) is 0 Å². The SMILES string of the molecule is CC(CCO)CNC(=O)Oc1ccccc1. The molecular weight excluding hydrogens is 206 g/mol. The van der Waals surface area contributed by atoms with Crippen molar-refractivity contribution in [3.8, 4) is 5.75 Å². The molecule has 1 aromatic rings. The maximum atomic E-state index is 11.3. The zero-order chi connectivity index (χ0) is 11.8. The molecule has 4 nitrogen and oxygen atoms in total. The number of amides is 1. The van der Waals surface area contributed by atoms with Crippen molar-refractivity contribution >= 4 is 6.09 Å². The smallest absolute Gasteiger partial charge is 0.410 e. The second-order valence-electron chi connectivity index (χ2n) is 3.70. The second kappa shape index (κ2) is 6.85. The van der Waals surface area contributed by atoms with Crippen molar-refractivity contribution in [3.63, 3.8) is 0 Å². The topological polar surface area (TPSA) is 58.6 Å². The first kappa shape index (κ1) is 12.5. The van der Waals surface area contributed by atoms with Gasteiger partial charge in [0.25, 0.3) is 0 Å². The Bertz CT molecular complexity index is 313. The van der Waals surface area contributed by atoms with Gasteiger partial charge in [-0.3, -0.25) is 0 Å². The maximum absolute atomic E-state index is 11.3. The minimum Gasteiger partial charge on any atom is -0.410 e. The number of hydrogen-bond acceptors (Lipinski definition) is 3. The van der Waals surface area contributed by atoms with E-state index in [1.807, 2.05) is 13.0 Å². The van der Waals surface area contributed by atoms with Crippen molar-refractivity contribution in [2.24, 2.45) is 5.92 Å². The van der Waals surface area contributed by atoms with Crippen LogP contribution in [0.15, 0.2) is 30.3 Å². The number of nitrogens with one attached hydrogen (secondary N) is 1. The van der Waals surface area contributed by atoms with Crippen molar-refractivity contribution in [3.05, 3.63) is 30.3 Å². The second-order valence-corrected chi connectivity index (χ2v) is 3.70. The van der Waals surface area contributed by atoms with Crippen LogP contribution in [-0.2, 0) is 0 Å². The van der Waals surface area contributed by atoms with Crippen molar-refractivity contribution in [2.45, 2.75) is 13.3 Å². The van der Waals surface area contributed by atoms with Gasteiger partial charge in [0.15, 0.2) is 0 Å². The number of benzene rings is 1. The molecule has 16 heavy (non-hydrogen) atoms. The summed E-state index contributed by atoms with van der Waals surface area (Å²) in [7, 11) is 0. The number of hydrogen-bond donors (Lipinski definition) is 2. The number of rotatable bonds is 5. The molecule has 0 aliphatic rings. The van der Waals surface area contributed by atoms with E-state index in [0.717, 1.165) is 0 Å². The van der Waals surface area contributed by atoms with E-state index in [1.165, 1.54) is 0 Å². The summed E-state index contributed by atoms with van der Waals surface area (Å²) in [5.74, 6) is 0.767. The quantitative estimate of drug-likeness (QED) is 0.800. The van der Waals surface area contributed by atoms with Crippen LogP contribution in [-0.4, -0.2) is 24.4 Å². The lowest BCUT2D eigenvalue weighted by molar-refractivity contribution is 0.196. The van der Waals surface area contributed by atoms with Gasteiger partial charge in [0.1, 0.15) is 5.75 Å². The highest BCUT2D eigenvalue weighted by molar-refractivity contribution is 5.70. The van der Waals surface area contributed by atoms with E-state index < -0.39 is 6.09 Å². The average Bonchev–Trinajstić information content (AvgIpc) is 2.28. The predicted molar refractivity (Wildman–Crippen MR) is 61.3 cm³/mol. The van der Waals surface area contributed by atoms with E-state index in [9.17, 15) is 4.79 Å². The van der Waals surface area contributed by atoms with Gasteiger partial charge >= 0.3 is 6.09 Å². The number of aliphatic hydroxyl groups excluding tert-OH is 1. The van der Waals surface area contributed by atoms with E-state index in [4.69, 9.17) is 9.84 Å². The molecule has 1 atom stereocenters. The van der Waals surface area contributed by atoms with Crippen LogP contribution in [0.4, 0.5) is 4.79 Å². The first-order chi connectivity index (χ1) is 7.72. The maximum Gasteiger partial charge on any atom is 0.412 e. The van der Waals surface area contributed by atoms with Gasteiger partial charge in [-0.1, -0.05) is 25.1 Å². The lowest BCUT2D eigenvalue weighted by atomic mass is 10.1. The Morgan fingerprint density at radius 2 is 2.12 bits per heavy atom. The molecule has 1 unspecified atom stereocenters. The molecule has 0 saturated heterocycles. The van der Waals surface area contributed by atoms with Crippen LogP contribution in [0.5, 0.6) is 5.75 Å². The number of para-hydroxylation sites is 1. The molecule has 0 aliphatic heterocycles. The Labute approximate surface area is 95.2 Å². The molecule has 0 aliphatic carbocycles. The van der Waals surface area contributed by atoms with Crippen LogP contribution >= 0.6 is 0 Å². The number of aliphatic hydroxyl groups is 1. The van der Waals surface area contributed by atoms with Gasteiger partial charge in [0.2, 0.25) is 0 Å². The fraction of sp³-hybridized carbons (Fsp3) is 0.417. The van der Waals surface area contributed by atoms with E-state index in [1.54, 1.807) is 24.3 Å². The summed E-state index contributed by atoms with van der Waals surface area (Å²) in [5, 5.41) is 11.3. The third-order valence-electron chi connectivity index (χ3n) is 2.17. The third kappa shape index (κ3) is 4.79. The Morgan fingerprint density at radius 3 is 2.75 bits per heavy atom. The molecule has 0 bridgehead atoms. The largest absolute Gasteiger partial charge is 0.412 e. The fourth-order valence-corrected chi connectivity index (χ4v) is 1.21. The molecule has 4 heteroatoms. The van der Waals surface area contributed by atoms with Crippen molar-refractivity contribution in [1.82, 2.24) is 5.32 Å². The molecule has 88 valence electrons. The summed E-state index contributed by atoms with van der Waals surface area (Å²) in [5.41, 5.74) is 0. The van der Waals surface area contributed by atoms with Crippen LogP contribution in [0.2, 0.25) is 0 Å². The highest BCUT2D eigenvalue weighted by atomic mass is 16.6. The Morgan fingerprint density at radius 1 is 1.44 bits per heavy atom. The monoisotopic (exact) mass is 223 g/mol. The molecule has 0 fully saturated rings. The van der Waals surface area contributed by atoms with Crippen LogP contribution in [0.3, 0.4) is 0 Å². The Balaban J connectivity index is 2.26. The normalized spacial score (nSPS) is 11.9. The van der Waals surface area contributed by atoms with Gasteiger partial charge in [-0.25, -0.2) is 4.79 Å². The molecular formula is C12H17NO3. The highest BCUT2D eigenvalue weighted by Crippen LogP contribution is 2.08. The molecule has 1 rings (SSSR count). The zero-order valence-electron chi connectivity index (χ0n) is 9.35. The van der Waals surface area contributed by atoms with Gasteiger partial charge in [-0.2, -0.15) is 0 Å². The zero-order valence-corrected chi connectivity index (χ0v) is 9.35. The minimum atomic E-state index is -0.462. The van der Waals surface area contributed by atoms with Gasteiger partial charge < -0.3 is 15.2 Å². The predicted octanol–water partition coefficient (Wildman–Crippen LogP) is 1.79. The van der Waals surface area contributed by atoms with Crippen LogP contribution in [0, 0.1) is 5.92 Å². The van der Waals surface area contributed by atoms with E-state index in [-0.39, 0.29) is 12.5 Å². The third-order valence-corrected chi connectivity index (χ3v) is 2.17. The van der Waals surface area contributed by atoms with Crippen molar-refractivity contribution < 1.29 is 14.6 Å². The number of ether oxygens (including phenoxy) is 1. The Hall–Kier alpha value is -1.55. The van der Waals surface area contributed by atoms with Crippen LogP contribution in [0.1, 0.15) is 13.3 Å². The molecule has 0 spiro atoms. The van der Waals surface area contributed by atoms with Gasteiger partial charge in [0.05, 0.1) is 0 Å². The fourth-order valence-electron chi connectivity index (χ4n) is 1.21. The summed E-state index contributed by atoms with van der Waals surface area (Å²) >= 11 is 0. The summed E-state index contributed by atoms with van der Waals surface area (Å²) in [4.78, 5) is 11.3. The van der Waals surface area contributed by atoms with Crippen LogP contribution < -0.4 is 10.1 Å². The summed E-state index contributed by atoms with van der Waals surface area (Å²) in [6.07, 6.45) is 0.210. The molecule has 0 aromatic heterocycles. The van der Waals surface area contributed by atoms with E-state index in [2.05, 4.69) is 5.32 Å². The van der Waals surface area contributed by atoms with Crippen LogP contribution in [0.25, 0.3) is 0 Å². The van der Waals surface area contributed by atoms with Crippen molar-refractivity contribution in [2.75, 3.05) is 13.2 Å². The molecule has 1 aromatic carbocycles. The lowest BCUT2D eigenvalue weighted by Gasteiger charge is -2.11. The van der Waals surface area contributed by atoms with Gasteiger partial charge in [0, 0.05) is 13.2 Å². The first-order valence-corrected chi connectivity index (χ1v) is 5.34. The Kier molecular flexibility index (Phi) is 5.36. The molecule has 0 radical (unpaired) electrons. The molecule has 0 heterocycles. The van der Waals surface area contributed by atoms with E-state index in [0.29, 0.717) is 18.7 Å². The minimum absolute atomic E-state index is 0.135. The molecule has 1 amide bonds. The standard InChI is InChI=1S/C12H17NO3/c1-10(7-8-14)9-13-12(15)16-11-5-3-2-4-6-11/h2-6,10,14H,7-9H2,1H3,(H,13,15). The first-order valence-electron chi connectivity index (χ1n) is 5.34. The van der Waals surface area contributed by atoms with Gasteiger partial charge in [-0.05, 0) is 24.5 Å². The summed E-state index contributed by atoms with van der Waals surface area (Å²) in [6.45, 7) is 2.60. The lowest BCUT2D eigenvalue weighted by Crippen LogP contribution is -2.31. The van der Waals surface area contributed by atoms with Gasteiger partial charge in [-0.15, -0.1) is 0 Å². The number of carbonyl (C=O) groups excluding carboxylic acids is 1. The molecule has 2 N–H and O–H groups in total. The number of carbonyl (C=O) groups is 1. The molecule has 0 saturated carbocycles. The summed E-state index contributed by atoms with van der Waals surface area (Å²) < 4.78 is 5.03. The van der Waals surface area contributed by atoms with E-state index >= 15 is 0 Å².